The van der Waals surface area contributed by atoms with E-state index in [0.717, 1.165) is 26.0 Å². The first-order valence-corrected chi connectivity index (χ1v) is 15.6. The van der Waals surface area contributed by atoms with E-state index in [1.165, 1.54) is 35.2 Å². The first-order valence-electron chi connectivity index (χ1n) is 15.2. The van der Waals surface area contributed by atoms with Crippen LogP contribution in [0.3, 0.4) is 0 Å². The topological polar surface area (TPSA) is 146 Å². The van der Waals surface area contributed by atoms with Crippen LogP contribution in [-0.2, 0) is 14.3 Å². The maximum atomic E-state index is 16.0. The number of anilines is 2. The van der Waals surface area contributed by atoms with Crippen molar-refractivity contribution in [3.8, 4) is 6.07 Å². The van der Waals surface area contributed by atoms with Crippen LogP contribution in [0.5, 0.6) is 0 Å². The second-order valence-corrected chi connectivity index (χ2v) is 12.7. The Bertz CT molecular complexity index is 1840. The number of hydrogen-bond acceptors (Lipinski definition) is 8. The molecule has 11 nitrogen and oxygen atoms in total. The zero-order chi connectivity index (χ0) is 33.6. The van der Waals surface area contributed by atoms with Gasteiger partial charge in [0.05, 0.1) is 40.2 Å². The Morgan fingerprint density at radius 1 is 1.17 bits per heavy atom. The fraction of sp³-hybridized carbons (Fsp3) is 0.353. The summed E-state index contributed by atoms with van der Waals surface area (Å²) in [5, 5.41) is 24.4. The number of methoxy groups -OCH3 is 1. The lowest BCUT2D eigenvalue weighted by Gasteiger charge is -2.40. The highest BCUT2D eigenvalue weighted by Gasteiger charge is 2.65. The molecule has 1 aliphatic carbocycles. The third-order valence-corrected chi connectivity index (χ3v) is 9.93. The van der Waals surface area contributed by atoms with Crippen LogP contribution in [0, 0.1) is 39.1 Å². The van der Waals surface area contributed by atoms with Crippen molar-refractivity contribution < 1.29 is 28.4 Å². The molecule has 0 aromatic heterocycles. The molecule has 3 aliphatic rings. The Morgan fingerprint density at radius 3 is 2.60 bits per heavy atom. The molecule has 0 unspecified atom stereocenters. The van der Waals surface area contributed by atoms with Crippen LogP contribution in [0.2, 0.25) is 5.02 Å². The summed E-state index contributed by atoms with van der Waals surface area (Å²) in [7, 11) is 1.16. The highest BCUT2D eigenvalue weighted by Crippen LogP contribution is 2.55. The lowest BCUT2D eigenvalue weighted by Crippen LogP contribution is -2.56. The van der Waals surface area contributed by atoms with Gasteiger partial charge in [0.15, 0.2) is 0 Å². The summed E-state index contributed by atoms with van der Waals surface area (Å²) >= 11 is 6.27. The molecule has 2 aliphatic heterocycles. The first-order chi connectivity index (χ1) is 22.5. The van der Waals surface area contributed by atoms with Gasteiger partial charge in [-0.3, -0.25) is 24.6 Å². The van der Waals surface area contributed by atoms with Gasteiger partial charge in [-0.1, -0.05) is 29.8 Å². The zero-order valence-electron chi connectivity index (χ0n) is 25.6. The van der Waals surface area contributed by atoms with Crippen molar-refractivity contribution in [2.45, 2.75) is 43.7 Å². The number of nitrogens with one attached hydrogen (secondary N) is 1. The number of likely N-dealkylation sites (tertiary alicyclic amines) is 1. The van der Waals surface area contributed by atoms with Gasteiger partial charge in [0.2, 0.25) is 11.8 Å². The van der Waals surface area contributed by atoms with Crippen molar-refractivity contribution in [3.63, 3.8) is 0 Å². The summed E-state index contributed by atoms with van der Waals surface area (Å²) < 4.78 is 20.8. The molecule has 3 aromatic rings. The second kappa shape index (κ2) is 12.4. The lowest BCUT2D eigenvalue weighted by atomic mass is 9.72. The Morgan fingerprint density at radius 2 is 1.91 bits per heavy atom. The van der Waals surface area contributed by atoms with Crippen LogP contribution in [0.1, 0.15) is 53.6 Å². The number of nitriles is 1. The average Bonchev–Trinajstić information content (AvgIpc) is 3.85. The molecule has 47 heavy (non-hydrogen) atoms. The van der Waals surface area contributed by atoms with Gasteiger partial charge >= 0.3 is 5.97 Å². The number of benzene rings is 3. The SMILES string of the molecule is COC(=O)c1ccc(N2CC[C@H]3[C@@H](C2=O)[C@H](c2cccc(Cl)c2F)[C@](C)(C(=O)Nc2cccc(C#N)c2)N3CC2CC2)c([N+](=O)[O-])c1. The van der Waals surface area contributed by atoms with Gasteiger partial charge in [0.25, 0.3) is 5.69 Å². The predicted molar refractivity (Wildman–Crippen MR) is 170 cm³/mol. The number of nitrogens with zero attached hydrogens (tertiary/aromatic N) is 4. The zero-order valence-corrected chi connectivity index (χ0v) is 26.4. The number of hydrogen-bond donors (Lipinski definition) is 1. The molecular weight excluding hydrogens is 629 g/mol. The minimum absolute atomic E-state index is 0.0171. The van der Waals surface area contributed by atoms with Gasteiger partial charge in [-0.15, -0.1) is 0 Å². The first kappa shape index (κ1) is 32.1. The fourth-order valence-electron chi connectivity index (χ4n) is 7.22. The van der Waals surface area contributed by atoms with E-state index in [2.05, 4.69) is 11.4 Å². The van der Waals surface area contributed by atoms with Gasteiger partial charge in [-0.25, -0.2) is 9.18 Å². The molecule has 1 saturated carbocycles. The number of halogens is 2. The van der Waals surface area contributed by atoms with Crippen molar-refractivity contribution in [1.29, 1.82) is 5.26 Å². The van der Waals surface area contributed by atoms with Gasteiger partial charge in [-0.2, -0.15) is 5.26 Å². The maximum Gasteiger partial charge on any atom is 0.338 e. The molecule has 3 aromatic carbocycles. The molecule has 6 rings (SSSR count). The number of carbonyl (C=O) groups is 3. The Balaban J connectivity index is 1.49. The van der Waals surface area contributed by atoms with Crippen LogP contribution in [0.4, 0.5) is 21.5 Å². The number of nitro benzene ring substituents is 1. The average molecular weight is 660 g/mol. The Kier molecular flexibility index (Phi) is 8.46. The second-order valence-electron chi connectivity index (χ2n) is 12.3. The van der Waals surface area contributed by atoms with Crippen molar-refractivity contribution >= 4 is 46.4 Å². The fourth-order valence-corrected chi connectivity index (χ4v) is 7.40. The van der Waals surface area contributed by atoms with Crippen molar-refractivity contribution in [2.75, 3.05) is 30.4 Å². The van der Waals surface area contributed by atoms with Gasteiger partial charge in [-0.05, 0) is 74.1 Å². The molecule has 13 heteroatoms. The highest BCUT2D eigenvalue weighted by atomic mass is 35.5. The molecule has 2 amide bonds. The molecule has 4 atom stereocenters. The minimum Gasteiger partial charge on any atom is -0.465 e. The van der Waals surface area contributed by atoms with E-state index >= 15 is 4.39 Å². The number of esters is 1. The summed E-state index contributed by atoms with van der Waals surface area (Å²) in [5.41, 5.74) is -1.21. The standard InChI is InChI=1S/C34H31ClFN5O6/c1-34(33(44)38-22-6-3-5-20(15-22)17-37)29(23-7-4-8-24(35)30(23)36)28-26(40(34)18-19-9-10-19)13-14-39(31(28)42)25-12-11-21(32(43)47-2)16-27(25)41(45)46/h3-8,11-12,15-16,19,26,28-29H,9-10,13-14,18H2,1-2H3,(H,38,44)/t26-,28+,29-,34+/m0/s1. The molecule has 0 bridgehead atoms. The molecule has 1 N–H and O–H groups in total. The quantitative estimate of drug-likeness (QED) is 0.185. The maximum absolute atomic E-state index is 16.0. The van der Waals surface area contributed by atoms with Crippen LogP contribution >= 0.6 is 11.6 Å². The number of piperidine rings is 1. The summed E-state index contributed by atoms with van der Waals surface area (Å²) in [6.07, 6.45) is 2.24. The van der Waals surface area contributed by atoms with E-state index in [9.17, 15) is 29.8 Å². The summed E-state index contributed by atoms with van der Waals surface area (Å²) in [6.45, 7) is 2.28. The Labute approximate surface area is 275 Å². The number of fused-ring (bicyclic) bond motifs is 1. The van der Waals surface area contributed by atoms with E-state index in [0.29, 0.717) is 24.2 Å². The van der Waals surface area contributed by atoms with Crippen molar-refractivity contribution in [1.82, 2.24) is 4.90 Å². The van der Waals surface area contributed by atoms with Crippen molar-refractivity contribution in [3.05, 3.63) is 98.3 Å². The van der Waals surface area contributed by atoms with E-state index in [1.807, 2.05) is 4.90 Å². The molecule has 0 radical (unpaired) electrons. The summed E-state index contributed by atoms with van der Waals surface area (Å²) in [6, 6.07) is 16.2. The van der Waals surface area contributed by atoms with Crippen LogP contribution in [0.15, 0.2) is 60.7 Å². The van der Waals surface area contributed by atoms with Gasteiger partial charge in [0.1, 0.15) is 17.0 Å². The van der Waals surface area contributed by atoms with Crippen LogP contribution in [0.25, 0.3) is 0 Å². The monoisotopic (exact) mass is 659 g/mol. The number of ether oxygens (including phenoxy) is 1. The van der Waals surface area contributed by atoms with E-state index in [-0.39, 0.29) is 34.3 Å². The van der Waals surface area contributed by atoms with Gasteiger partial charge < -0.3 is 15.0 Å². The van der Waals surface area contributed by atoms with Crippen LogP contribution < -0.4 is 10.2 Å². The van der Waals surface area contributed by atoms with Crippen molar-refractivity contribution in [2.24, 2.45) is 11.8 Å². The summed E-state index contributed by atoms with van der Waals surface area (Å²) in [5.74, 6) is -4.27. The predicted octanol–water partition coefficient (Wildman–Crippen LogP) is 5.67. The molecule has 0 spiro atoms. The molecular formula is C34H31ClFN5O6. The summed E-state index contributed by atoms with van der Waals surface area (Å²) in [4.78, 5) is 56.2. The number of carbonyl (C=O) groups excluding carboxylic acids is 3. The molecule has 2 heterocycles. The van der Waals surface area contributed by atoms with E-state index in [4.69, 9.17) is 16.3 Å². The molecule has 3 fully saturated rings. The lowest BCUT2D eigenvalue weighted by molar-refractivity contribution is -0.384. The molecule has 242 valence electrons. The number of rotatable bonds is 8. The third-order valence-electron chi connectivity index (χ3n) is 9.64. The number of nitro groups is 1. The van der Waals surface area contributed by atoms with E-state index < -0.39 is 57.6 Å². The smallest absolute Gasteiger partial charge is 0.338 e. The normalized spacial score (nSPS) is 23.9. The molecule has 2 saturated heterocycles. The largest absolute Gasteiger partial charge is 0.465 e. The van der Waals surface area contributed by atoms with E-state index in [1.54, 1.807) is 31.2 Å². The minimum atomic E-state index is -1.47. The highest BCUT2D eigenvalue weighted by molar-refractivity contribution is 6.30. The number of amides is 2. The van der Waals surface area contributed by atoms with Crippen LogP contribution in [-0.4, -0.2) is 59.4 Å². The van der Waals surface area contributed by atoms with Gasteiger partial charge in [0, 0.05) is 36.8 Å². The Hall–Kier alpha value is -4.86. The third kappa shape index (κ3) is 5.59.